The van der Waals surface area contributed by atoms with Crippen molar-refractivity contribution in [1.29, 1.82) is 0 Å². The first-order chi connectivity index (χ1) is 7.73. The van der Waals surface area contributed by atoms with Crippen LogP contribution in [0, 0.1) is 22.6 Å². The highest BCUT2D eigenvalue weighted by atomic mass is 14.5. The minimum absolute atomic E-state index is 0.148. The van der Waals surface area contributed by atoms with E-state index in [1.54, 1.807) is 0 Å². The van der Waals surface area contributed by atoms with E-state index in [0.29, 0.717) is 5.92 Å². The average Bonchev–Trinajstić information content (AvgIpc) is 2.70. The van der Waals surface area contributed by atoms with E-state index in [4.69, 9.17) is 1.37 Å². The maximum Gasteiger partial charge on any atom is 0.0309 e. The molecule has 1 saturated carbocycles. The zero-order valence-electron chi connectivity index (χ0n) is 13.3. The van der Waals surface area contributed by atoms with Crippen molar-refractivity contribution in [2.75, 3.05) is 0 Å². The van der Waals surface area contributed by atoms with Gasteiger partial charge in [0.2, 0.25) is 0 Å². The summed E-state index contributed by atoms with van der Waals surface area (Å²) in [4.78, 5) is 0. The monoisotopic (exact) mass is 225 g/mol. The van der Waals surface area contributed by atoms with Crippen LogP contribution >= 0.6 is 0 Å². The second-order valence-electron chi connectivity index (χ2n) is 6.70. The first-order valence-corrected chi connectivity index (χ1v) is 7.23. The predicted molar refractivity (Wildman–Crippen MR) is 73.6 cm³/mol. The van der Waals surface area contributed by atoms with Crippen LogP contribution in [0.1, 0.15) is 81.4 Å². The fourth-order valence-corrected chi connectivity index (χ4v) is 4.21. The van der Waals surface area contributed by atoms with Crippen LogP contribution in [-0.4, -0.2) is 0 Å². The van der Waals surface area contributed by atoms with Gasteiger partial charge < -0.3 is 0 Å². The molecular weight excluding hydrogens is 192 g/mol. The molecule has 0 amide bonds. The number of rotatable bonds is 4. The van der Waals surface area contributed by atoms with Crippen LogP contribution < -0.4 is 0 Å². The molecule has 0 aromatic carbocycles. The summed E-state index contributed by atoms with van der Waals surface area (Å²) in [5.74, 6) is 0.340. The quantitative estimate of drug-likeness (QED) is 0.578. The summed E-state index contributed by atoms with van der Waals surface area (Å²) in [5.41, 5.74) is 0.366. The van der Waals surface area contributed by atoms with E-state index in [-0.39, 0.29) is 16.7 Å². The van der Waals surface area contributed by atoms with Crippen LogP contribution in [0.25, 0.3) is 0 Å². The highest BCUT2D eigenvalue weighted by Crippen LogP contribution is 2.54. The van der Waals surface area contributed by atoms with Gasteiger partial charge in [-0.15, -0.1) is 0 Å². The first kappa shape index (κ1) is 12.5. The van der Waals surface area contributed by atoms with E-state index in [1.807, 2.05) is 0 Å². The van der Waals surface area contributed by atoms with E-state index in [2.05, 4.69) is 41.5 Å². The van der Waals surface area contributed by atoms with Gasteiger partial charge >= 0.3 is 0 Å². The first-order valence-electron chi connectivity index (χ1n) is 7.73. The number of hydrogen-bond donors (Lipinski definition) is 0. The highest BCUT2D eigenvalue weighted by Gasteiger charge is 2.45. The van der Waals surface area contributed by atoms with Crippen molar-refractivity contribution < 1.29 is 1.37 Å². The molecule has 0 bridgehead atoms. The van der Waals surface area contributed by atoms with Gasteiger partial charge in [-0.05, 0) is 35.5 Å². The van der Waals surface area contributed by atoms with Gasteiger partial charge in [0.15, 0.2) is 0 Å². The molecule has 0 saturated heterocycles. The molecule has 0 N–H and O–H groups in total. The molecule has 0 aliphatic heterocycles. The molecule has 0 aromatic heterocycles. The highest BCUT2D eigenvalue weighted by molar-refractivity contribution is 4.95. The Morgan fingerprint density at radius 2 is 1.56 bits per heavy atom. The van der Waals surface area contributed by atoms with Crippen molar-refractivity contribution in [3.8, 4) is 0 Å². The lowest BCUT2D eigenvalue weighted by molar-refractivity contribution is -0.0140. The van der Waals surface area contributed by atoms with Crippen molar-refractivity contribution in [2.24, 2.45) is 22.6 Å². The average molecular weight is 225 g/mol. The molecule has 1 unspecified atom stereocenters. The van der Waals surface area contributed by atoms with E-state index in [9.17, 15) is 0 Å². The number of hydrogen-bond acceptors (Lipinski definition) is 0. The third kappa shape index (κ3) is 2.31. The van der Waals surface area contributed by atoms with E-state index >= 15 is 0 Å². The lowest BCUT2D eigenvalue weighted by Crippen LogP contribution is -2.43. The van der Waals surface area contributed by atoms with Crippen LogP contribution in [0.15, 0.2) is 0 Å². The van der Waals surface area contributed by atoms with Gasteiger partial charge in [0.1, 0.15) is 0 Å². The zero-order valence-corrected chi connectivity index (χ0v) is 12.3. The Bertz CT molecular complexity index is 237. The molecule has 0 aromatic rings. The van der Waals surface area contributed by atoms with Crippen molar-refractivity contribution in [2.45, 2.75) is 80.1 Å². The standard InChI is InChI=1S/C16H32/c1-7-16(8-2,15(4,5)6)13(3)14-11-9-10-12-14/h13-14H,7-12H2,1-6H3/i13D. The van der Waals surface area contributed by atoms with Crippen molar-refractivity contribution in [3.05, 3.63) is 0 Å². The Labute approximate surface area is 105 Å². The minimum Gasteiger partial charge on any atom is -0.0648 e. The summed E-state index contributed by atoms with van der Waals surface area (Å²) in [5, 5.41) is 0. The van der Waals surface area contributed by atoms with Gasteiger partial charge in [0.05, 0.1) is 0 Å². The van der Waals surface area contributed by atoms with Crippen LogP contribution in [0.2, 0.25) is 0 Å². The van der Waals surface area contributed by atoms with Gasteiger partial charge in [0.25, 0.3) is 0 Å². The normalized spacial score (nSPS) is 24.2. The fraction of sp³-hybridized carbons (Fsp3) is 1.00. The van der Waals surface area contributed by atoms with Gasteiger partial charge in [-0.1, -0.05) is 67.2 Å². The zero-order chi connectivity index (χ0) is 13.3. The maximum absolute atomic E-state index is 9.08. The van der Waals surface area contributed by atoms with E-state index in [1.165, 1.54) is 25.7 Å². The third-order valence-electron chi connectivity index (χ3n) is 5.37. The van der Waals surface area contributed by atoms with Crippen molar-refractivity contribution in [3.63, 3.8) is 0 Å². The topological polar surface area (TPSA) is 0 Å². The molecule has 16 heavy (non-hydrogen) atoms. The van der Waals surface area contributed by atoms with E-state index in [0.717, 1.165) is 12.8 Å². The van der Waals surface area contributed by atoms with Gasteiger partial charge in [-0.2, -0.15) is 0 Å². The molecule has 1 aliphatic carbocycles. The smallest absolute Gasteiger partial charge is 0.0309 e. The molecule has 0 nitrogen and oxygen atoms in total. The lowest BCUT2D eigenvalue weighted by atomic mass is 9.54. The molecule has 1 atom stereocenters. The van der Waals surface area contributed by atoms with Crippen molar-refractivity contribution in [1.82, 2.24) is 0 Å². The SMILES string of the molecule is [2H]C(C)(C1CCCC1)C(CC)(CC)C(C)(C)C. The van der Waals surface area contributed by atoms with Gasteiger partial charge in [-0.3, -0.25) is 0 Å². The van der Waals surface area contributed by atoms with Crippen LogP contribution in [0.4, 0.5) is 0 Å². The second-order valence-corrected chi connectivity index (χ2v) is 6.70. The molecular formula is C16H32. The Hall–Kier alpha value is 0. The predicted octanol–water partition coefficient (Wildman–Crippen LogP) is 5.67. The molecule has 0 radical (unpaired) electrons. The Kier molecular flexibility index (Phi) is 3.97. The largest absolute Gasteiger partial charge is 0.0648 e. The second kappa shape index (κ2) is 5.10. The molecule has 0 heterocycles. The Morgan fingerprint density at radius 1 is 1.12 bits per heavy atom. The molecule has 1 aliphatic rings. The van der Waals surface area contributed by atoms with Gasteiger partial charge in [0, 0.05) is 1.37 Å². The summed E-state index contributed by atoms with van der Waals surface area (Å²) in [6, 6.07) is 0. The minimum atomic E-state index is -0.273. The molecule has 1 fully saturated rings. The summed E-state index contributed by atoms with van der Waals surface area (Å²) in [7, 11) is 0. The maximum atomic E-state index is 9.08. The molecule has 96 valence electrons. The van der Waals surface area contributed by atoms with E-state index < -0.39 is 0 Å². The Morgan fingerprint density at radius 3 is 1.88 bits per heavy atom. The molecule has 0 heteroatoms. The van der Waals surface area contributed by atoms with Gasteiger partial charge in [-0.25, -0.2) is 0 Å². The van der Waals surface area contributed by atoms with Crippen LogP contribution in [0.3, 0.4) is 0 Å². The van der Waals surface area contributed by atoms with Crippen LogP contribution in [-0.2, 0) is 0 Å². The lowest BCUT2D eigenvalue weighted by Gasteiger charge is -2.51. The Balaban J connectivity index is 3.12. The third-order valence-corrected chi connectivity index (χ3v) is 5.37. The summed E-state index contributed by atoms with van der Waals surface area (Å²) in [6.07, 6.45) is 7.49. The molecule has 0 spiro atoms. The summed E-state index contributed by atoms with van der Waals surface area (Å²) in [6.45, 7) is 13.8. The van der Waals surface area contributed by atoms with Crippen LogP contribution in [0.5, 0.6) is 0 Å². The van der Waals surface area contributed by atoms with Crippen molar-refractivity contribution >= 4 is 0 Å². The summed E-state index contributed by atoms with van der Waals surface area (Å²) < 4.78 is 9.08. The molecule has 1 rings (SSSR count). The summed E-state index contributed by atoms with van der Waals surface area (Å²) >= 11 is 0. The fourth-order valence-electron chi connectivity index (χ4n) is 4.21.